The van der Waals surface area contributed by atoms with E-state index in [0.717, 1.165) is 22.0 Å². The van der Waals surface area contributed by atoms with E-state index in [1.54, 1.807) is 12.1 Å². The van der Waals surface area contributed by atoms with Gasteiger partial charge < -0.3 is 5.11 Å². The fourth-order valence-corrected chi connectivity index (χ4v) is 3.07. The quantitative estimate of drug-likeness (QED) is 0.525. The van der Waals surface area contributed by atoms with Gasteiger partial charge in [-0.3, -0.25) is 0 Å². The Kier molecular flexibility index (Phi) is 3.97. The Morgan fingerprint density at radius 3 is 2.84 bits per heavy atom. The number of phenols is 1. The molecule has 120 valence electrons. The SMILES string of the molecule is Oc1cccc(-c2nc(Cl)nc3ccccc23)c1C1=CC=CCC#C1. The predicted molar refractivity (Wildman–Crippen MR) is 101 cm³/mol. The van der Waals surface area contributed by atoms with Crippen molar-refractivity contribution < 1.29 is 5.11 Å². The summed E-state index contributed by atoms with van der Waals surface area (Å²) in [6.07, 6.45) is 6.51. The normalized spacial score (nSPS) is 13.1. The molecular formula is C21H13ClN2O. The first kappa shape index (κ1) is 15.4. The molecule has 1 aliphatic rings. The standard InChI is InChI=1S/C21H13ClN2O/c22-21-23-17-12-6-5-10-15(17)20(24-21)16-11-7-13-18(25)19(16)14-8-3-1-2-4-9-14/h1,3,5-8,10-13,25H,2H2. The Balaban J connectivity index is 2.05. The van der Waals surface area contributed by atoms with E-state index < -0.39 is 0 Å². The van der Waals surface area contributed by atoms with Crippen molar-refractivity contribution in [1.82, 2.24) is 9.97 Å². The topological polar surface area (TPSA) is 46.0 Å². The lowest BCUT2D eigenvalue weighted by molar-refractivity contribution is 0.474. The summed E-state index contributed by atoms with van der Waals surface area (Å²) in [6, 6.07) is 13.0. The fourth-order valence-electron chi connectivity index (χ4n) is 2.90. The lowest BCUT2D eigenvalue weighted by atomic mass is 9.94. The molecule has 0 atom stereocenters. The van der Waals surface area contributed by atoms with Crippen LogP contribution in [-0.4, -0.2) is 15.1 Å². The molecule has 0 saturated heterocycles. The molecular weight excluding hydrogens is 332 g/mol. The van der Waals surface area contributed by atoms with Crippen LogP contribution >= 0.6 is 11.6 Å². The van der Waals surface area contributed by atoms with Crippen LogP contribution in [0, 0.1) is 11.8 Å². The number of nitrogens with zero attached hydrogens (tertiary/aromatic N) is 2. The Hall–Kier alpha value is -3.09. The van der Waals surface area contributed by atoms with E-state index >= 15 is 0 Å². The van der Waals surface area contributed by atoms with Crippen LogP contribution in [0.3, 0.4) is 0 Å². The molecule has 3 aromatic rings. The van der Waals surface area contributed by atoms with Crippen molar-refractivity contribution in [3.63, 3.8) is 0 Å². The molecule has 0 fully saturated rings. The molecule has 0 radical (unpaired) electrons. The first-order chi connectivity index (χ1) is 12.2. The molecule has 0 saturated carbocycles. The minimum atomic E-state index is 0.159. The zero-order valence-corrected chi connectivity index (χ0v) is 14.0. The summed E-state index contributed by atoms with van der Waals surface area (Å²) in [5.41, 5.74) is 3.61. The third kappa shape index (κ3) is 2.88. The number of hydrogen-bond acceptors (Lipinski definition) is 3. The number of aromatic hydroxyl groups is 1. The molecule has 0 aliphatic heterocycles. The van der Waals surface area contributed by atoms with Crippen molar-refractivity contribution in [3.8, 4) is 28.8 Å². The van der Waals surface area contributed by atoms with Crippen molar-refractivity contribution in [2.75, 3.05) is 0 Å². The average Bonchev–Trinajstić information content (AvgIpc) is 2.90. The second kappa shape index (κ2) is 6.43. The third-order valence-corrected chi connectivity index (χ3v) is 4.15. The summed E-state index contributed by atoms with van der Waals surface area (Å²) < 4.78 is 0. The second-order valence-corrected chi connectivity index (χ2v) is 5.91. The van der Waals surface area contributed by atoms with Gasteiger partial charge in [-0.05, 0) is 29.8 Å². The Bertz CT molecular complexity index is 1100. The average molecular weight is 345 g/mol. The first-order valence-corrected chi connectivity index (χ1v) is 8.22. The van der Waals surface area contributed by atoms with Gasteiger partial charge in [0.25, 0.3) is 0 Å². The van der Waals surface area contributed by atoms with Crippen molar-refractivity contribution >= 4 is 28.1 Å². The highest BCUT2D eigenvalue weighted by Crippen LogP contribution is 2.37. The number of aromatic nitrogens is 2. The lowest BCUT2D eigenvalue weighted by Crippen LogP contribution is -1.95. The summed E-state index contributed by atoms with van der Waals surface area (Å²) in [5.74, 6) is 6.36. The van der Waals surface area contributed by atoms with Crippen molar-refractivity contribution in [2.24, 2.45) is 0 Å². The molecule has 1 N–H and O–H groups in total. The molecule has 1 aliphatic carbocycles. The number of benzene rings is 2. The van der Waals surface area contributed by atoms with Gasteiger partial charge in [-0.1, -0.05) is 54.3 Å². The van der Waals surface area contributed by atoms with E-state index in [9.17, 15) is 5.11 Å². The van der Waals surface area contributed by atoms with Gasteiger partial charge in [0, 0.05) is 28.5 Å². The minimum absolute atomic E-state index is 0.159. The highest BCUT2D eigenvalue weighted by Gasteiger charge is 2.17. The van der Waals surface area contributed by atoms with Crippen LogP contribution in [0.5, 0.6) is 5.75 Å². The van der Waals surface area contributed by atoms with Crippen LogP contribution in [0.2, 0.25) is 5.28 Å². The zero-order valence-electron chi connectivity index (χ0n) is 13.2. The lowest BCUT2D eigenvalue weighted by Gasteiger charge is -2.13. The van der Waals surface area contributed by atoms with E-state index in [1.807, 2.05) is 48.6 Å². The van der Waals surface area contributed by atoms with Crippen molar-refractivity contribution in [3.05, 3.63) is 71.5 Å². The second-order valence-electron chi connectivity index (χ2n) is 5.57. The highest BCUT2D eigenvalue weighted by atomic mass is 35.5. The number of fused-ring (bicyclic) bond motifs is 1. The Labute approximate surface area is 150 Å². The maximum Gasteiger partial charge on any atom is 0.223 e. The third-order valence-electron chi connectivity index (χ3n) is 3.98. The maximum absolute atomic E-state index is 10.5. The molecule has 3 nitrogen and oxygen atoms in total. The zero-order chi connectivity index (χ0) is 17.2. The van der Waals surface area contributed by atoms with Crippen molar-refractivity contribution in [1.29, 1.82) is 0 Å². The van der Waals surface area contributed by atoms with Gasteiger partial charge >= 0.3 is 0 Å². The smallest absolute Gasteiger partial charge is 0.223 e. The molecule has 4 heteroatoms. The van der Waals surface area contributed by atoms with E-state index in [2.05, 4.69) is 21.8 Å². The van der Waals surface area contributed by atoms with E-state index in [1.165, 1.54) is 0 Å². The molecule has 25 heavy (non-hydrogen) atoms. The van der Waals surface area contributed by atoms with E-state index in [0.29, 0.717) is 17.7 Å². The van der Waals surface area contributed by atoms with E-state index in [4.69, 9.17) is 11.6 Å². The van der Waals surface area contributed by atoms with Gasteiger partial charge in [-0.25, -0.2) is 9.97 Å². The maximum atomic E-state index is 10.5. The molecule has 0 spiro atoms. The van der Waals surface area contributed by atoms with Crippen LogP contribution in [-0.2, 0) is 0 Å². The van der Waals surface area contributed by atoms with Gasteiger partial charge in [-0.15, -0.1) is 0 Å². The number of phenolic OH excluding ortho intramolecular Hbond substituents is 1. The van der Waals surface area contributed by atoms with Crippen LogP contribution < -0.4 is 0 Å². The van der Waals surface area contributed by atoms with Gasteiger partial charge in [0.15, 0.2) is 0 Å². The Morgan fingerprint density at radius 1 is 1.04 bits per heavy atom. The van der Waals surface area contributed by atoms with Crippen LogP contribution in [0.15, 0.2) is 60.7 Å². The predicted octanol–water partition coefficient (Wildman–Crippen LogP) is 5.00. The Morgan fingerprint density at radius 2 is 1.92 bits per heavy atom. The molecule has 0 amide bonds. The number of allylic oxidation sites excluding steroid dienone is 4. The minimum Gasteiger partial charge on any atom is -0.507 e. The van der Waals surface area contributed by atoms with Crippen LogP contribution in [0.25, 0.3) is 27.7 Å². The largest absolute Gasteiger partial charge is 0.507 e. The van der Waals surface area contributed by atoms with E-state index in [-0.39, 0.29) is 11.0 Å². The van der Waals surface area contributed by atoms with Gasteiger partial charge in [-0.2, -0.15) is 0 Å². The van der Waals surface area contributed by atoms with Crippen LogP contribution in [0.1, 0.15) is 12.0 Å². The molecule has 0 bridgehead atoms. The molecule has 0 unspecified atom stereocenters. The van der Waals surface area contributed by atoms with Gasteiger partial charge in [0.05, 0.1) is 11.2 Å². The van der Waals surface area contributed by atoms with Gasteiger partial charge in [0.2, 0.25) is 5.28 Å². The monoisotopic (exact) mass is 344 g/mol. The molecule has 1 heterocycles. The number of para-hydroxylation sites is 1. The highest BCUT2D eigenvalue weighted by molar-refractivity contribution is 6.29. The molecule has 1 aromatic heterocycles. The molecule has 4 rings (SSSR count). The first-order valence-electron chi connectivity index (χ1n) is 7.85. The molecule has 2 aromatic carbocycles. The van der Waals surface area contributed by atoms with Crippen LogP contribution in [0.4, 0.5) is 0 Å². The number of hydrogen-bond donors (Lipinski definition) is 1. The van der Waals surface area contributed by atoms with Crippen molar-refractivity contribution in [2.45, 2.75) is 6.42 Å². The summed E-state index contributed by atoms with van der Waals surface area (Å²) >= 11 is 6.14. The summed E-state index contributed by atoms with van der Waals surface area (Å²) in [5, 5.41) is 11.6. The summed E-state index contributed by atoms with van der Waals surface area (Å²) in [4.78, 5) is 8.72. The summed E-state index contributed by atoms with van der Waals surface area (Å²) in [6.45, 7) is 0. The summed E-state index contributed by atoms with van der Waals surface area (Å²) in [7, 11) is 0. The number of rotatable bonds is 2. The van der Waals surface area contributed by atoms with Gasteiger partial charge in [0.1, 0.15) is 5.75 Å². The number of halogens is 1. The fraction of sp³-hybridized carbons (Fsp3) is 0.0476.